The van der Waals surface area contributed by atoms with Crippen LogP contribution >= 0.6 is 0 Å². The van der Waals surface area contributed by atoms with Gasteiger partial charge >= 0.3 is 0 Å². The number of aryl methyl sites for hydroxylation is 2. The molecule has 2 heterocycles. The Morgan fingerprint density at radius 2 is 1.12 bits per heavy atom. The number of fused-ring (bicyclic) bond motifs is 2. The smallest absolute Gasteiger partial charge is 0.123 e. The topological polar surface area (TPSA) is 9.86 Å². The van der Waals surface area contributed by atoms with Crippen LogP contribution in [0.3, 0.4) is 0 Å². The molecule has 4 aromatic rings. The van der Waals surface area contributed by atoms with Crippen LogP contribution in [0.5, 0.6) is 0 Å². The molecule has 0 saturated heterocycles. The lowest BCUT2D eigenvalue weighted by molar-refractivity contribution is 0.629. The van der Waals surface area contributed by atoms with Gasteiger partial charge in [0.1, 0.15) is 11.6 Å². The molecule has 4 rings (SSSR count). The van der Waals surface area contributed by atoms with Crippen molar-refractivity contribution in [2.45, 2.75) is 20.3 Å². The highest BCUT2D eigenvalue weighted by atomic mass is 19.1. The highest BCUT2D eigenvalue weighted by Gasteiger charge is 2.18. The third kappa shape index (κ3) is 2.28. The molecule has 0 aliphatic rings. The standard InChI is InChI=1S/C21H20F2N2/c1-12-16(18-9-14(22)5-7-20(18)24(12)3)11-17-13(2)25(4)21-8-6-15(23)10-19(17)21/h5-10H,11H2,1-4H3. The van der Waals surface area contributed by atoms with Crippen molar-refractivity contribution >= 4 is 21.8 Å². The lowest BCUT2D eigenvalue weighted by Gasteiger charge is -2.05. The van der Waals surface area contributed by atoms with Crippen molar-refractivity contribution < 1.29 is 8.78 Å². The second kappa shape index (κ2) is 5.45. The number of benzene rings is 2. The maximum Gasteiger partial charge on any atom is 0.123 e. The fourth-order valence-electron chi connectivity index (χ4n) is 3.86. The first-order valence-corrected chi connectivity index (χ1v) is 8.35. The Balaban J connectivity index is 1.98. The van der Waals surface area contributed by atoms with E-state index >= 15 is 0 Å². The van der Waals surface area contributed by atoms with Gasteiger partial charge in [0.15, 0.2) is 0 Å². The fraction of sp³-hybridized carbons (Fsp3) is 0.238. The molecule has 0 radical (unpaired) electrons. The van der Waals surface area contributed by atoms with Crippen LogP contribution in [-0.4, -0.2) is 9.13 Å². The molecule has 0 amide bonds. The lowest BCUT2D eigenvalue weighted by atomic mass is 9.99. The summed E-state index contributed by atoms with van der Waals surface area (Å²) in [4.78, 5) is 0. The van der Waals surface area contributed by atoms with Crippen molar-refractivity contribution in [3.63, 3.8) is 0 Å². The number of hydrogen-bond donors (Lipinski definition) is 0. The number of hydrogen-bond acceptors (Lipinski definition) is 0. The minimum Gasteiger partial charge on any atom is -0.348 e. The van der Waals surface area contributed by atoms with Crippen LogP contribution in [0, 0.1) is 25.5 Å². The highest BCUT2D eigenvalue weighted by molar-refractivity contribution is 5.89. The van der Waals surface area contributed by atoms with E-state index in [1.807, 2.05) is 40.1 Å². The molecule has 128 valence electrons. The van der Waals surface area contributed by atoms with E-state index in [9.17, 15) is 8.78 Å². The highest BCUT2D eigenvalue weighted by Crippen LogP contribution is 2.33. The van der Waals surface area contributed by atoms with Crippen molar-refractivity contribution in [3.05, 3.63) is 70.5 Å². The van der Waals surface area contributed by atoms with Gasteiger partial charge in [-0.1, -0.05) is 0 Å². The number of aromatic nitrogens is 2. The summed E-state index contributed by atoms with van der Waals surface area (Å²) in [6.45, 7) is 4.10. The van der Waals surface area contributed by atoms with Crippen LogP contribution < -0.4 is 0 Å². The maximum atomic E-state index is 13.8. The quantitative estimate of drug-likeness (QED) is 0.478. The van der Waals surface area contributed by atoms with E-state index in [1.54, 1.807) is 12.1 Å². The summed E-state index contributed by atoms with van der Waals surface area (Å²) in [7, 11) is 3.99. The van der Waals surface area contributed by atoms with Gasteiger partial charge in [0.2, 0.25) is 0 Å². The van der Waals surface area contributed by atoms with Crippen LogP contribution in [0.15, 0.2) is 36.4 Å². The Labute approximate surface area is 145 Å². The van der Waals surface area contributed by atoms with Gasteiger partial charge in [0.05, 0.1) is 0 Å². The summed E-state index contributed by atoms with van der Waals surface area (Å²) in [6, 6.07) is 9.80. The molecular formula is C21H20F2N2. The van der Waals surface area contributed by atoms with Crippen molar-refractivity contribution in [1.29, 1.82) is 0 Å². The van der Waals surface area contributed by atoms with E-state index in [0.29, 0.717) is 6.42 Å². The zero-order chi connectivity index (χ0) is 17.9. The zero-order valence-electron chi connectivity index (χ0n) is 14.8. The Kier molecular flexibility index (Phi) is 3.46. The molecule has 0 fully saturated rings. The molecule has 0 aliphatic heterocycles. The van der Waals surface area contributed by atoms with Crippen molar-refractivity contribution in [1.82, 2.24) is 9.13 Å². The normalized spacial score (nSPS) is 11.8. The number of rotatable bonds is 2. The molecule has 0 N–H and O–H groups in total. The van der Waals surface area contributed by atoms with E-state index in [2.05, 4.69) is 9.13 Å². The number of nitrogens with zero attached hydrogens (tertiary/aromatic N) is 2. The van der Waals surface area contributed by atoms with Crippen LogP contribution in [0.4, 0.5) is 8.78 Å². The second-order valence-electron chi connectivity index (χ2n) is 6.75. The fourth-order valence-corrected chi connectivity index (χ4v) is 3.86. The van der Waals surface area contributed by atoms with Gasteiger partial charge in [-0.05, 0) is 61.4 Å². The largest absolute Gasteiger partial charge is 0.348 e. The molecule has 0 saturated carbocycles. The molecule has 0 unspecified atom stereocenters. The Bertz CT molecular complexity index is 1040. The lowest BCUT2D eigenvalue weighted by Crippen LogP contribution is -1.96. The monoisotopic (exact) mass is 338 g/mol. The summed E-state index contributed by atoms with van der Waals surface area (Å²) in [5, 5.41) is 1.85. The SMILES string of the molecule is Cc1c(Cc2c(C)n(C)c3ccc(F)cc23)c2cc(F)ccc2n1C. The summed E-state index contributed by atoms with van der Waals surface area (Å²) in [6.07, 6.45) is 0.652. The molecule has 2 aromatic heterocycles. The maximum absolute atomic E-state index is 13.8. The van der Waals surface area contributed by atoms with Gasteiger partial charge in [-0.25, -0.2) is 8.78 Å². The molecule has 2 nitrogen and oxygen atoms in total. The van der Waals surface area contributed by atoms with Crippen LogP contribution in [0.2, 0.25) is 0 Å². The molecule has 0 bridgehead atoms. The van der Waals surface area contributed by atoms with Crippen molar-refractivity contribution in [2.75, 3.05) is 0 Å². The first-order chi connectivity index (χ1) is 11.9. The van der Waals surface area contributed by atoms with Gasteiger partial charge in [-0.3, -0.25) is 0 Å². The van der Waals surface area contributed by atoms with Gasteiger partial charge in [-0.2, -0.15) is 0 Å². The summed E-state index contributed by atoms with van der Waals surface area (Å²) in [5.41, 5.74) is 6.42. The average molecular weight is 338 g/mol. The molecule has 25 heavy (non-hydrogen) atoms. The van der Waals surface area contributed by atoms with Crippen molar-refractivity contribution in [2.24, 2.45) is 14.1 Å². The van der Waals surface area contributed by atoms with Gasteiger partial charge in [0.25, 0.3) is 0 Å². The third-order valence-electron chi connectivity index (χ3n) is 5.52. The molecule has 4 heteroatoms. The summed E-state index contributed by atoms with van der Waals surface area (Å²) >= 11 is 0. The van der Waals surface area contributed by atoms with Crippen LogP contribution in [0.25, 0.3) is 21.8 Å². The zero-order valence-corrected chi connectivity index (χ0v) is 14.8. The minimum atomic E-state index is -0.236. The van der Waals surface area contributed by atoms with Crippen molar-refractivity contribution in [3.8, 4) is 0 Å². The minimum absolute atomic E-state index is 0.236. The Morgan fingerprint density at radius 1 is 0.720 bits per heavy atom. The molecule has 2 aromatic carbocycles. The Hall–Kier alpha value is -2.62. The summed E-state index contributed by atoms with van der Waals surface area (Å²) in [5.74, 6) is -0.472. The van der Waals surface area contributed by atoms with E-state index in [-0.39, 0.29) is 11.6 Å². The first kappa shape index (κ1) is 15.9. The molecule has 0 atom stereocenters. The predicted molar refractivity (Wildman–Crippen MR) is 98.0 cm³/mol. The van der Waals surface area contributed by atoms with E-state index < -0.39 is 0 Å². The Morgan fingerprint density at radius 3 is 1.52 bits per heavy atom. The van der Waals surface area contributed by atoms with Gasteiger partial charge < -0.3 is 9.13 Å². The van der Waals surface area contributed by atoms with E-state index in [1.165, 1.54) is 12.1 Å². The van der Waals surface area contributed by atoms with Crippen LogP contribution in [0.1, 0.15) is 22.5 Å². The molecular weight excluding hydrogens is 318 g/mol. The van der Waals surface area contributed by atoms with E-state index in [0.717, 1.165) is 44.3 Å². The predicted octanol–water partition coefficient (Wildman–Crippen LogP) is 5.16. The van der Waals surface area contributed by atoms with E-state index in [4.69, 9.17) is 0 Å². The first-order valence-electron chi connectivity index (χ1n) is 8.35. The number of halogens is 2. The summed E-state index contributed by atoms with van der Waals surface area (Å²) < 4.78 is 31.8. The second-order valence-corrected chi connectivity index (χ2v) is 6.75. The average Bonchev–Trinajstić information content (AvgIpc) is 2.95. The third-order valence-corrected chi connectivity index (χ3v) is 5.52. The van der Waals surface area contributed by atoms with Gasteiger partial charge in [0, 0.05) is 53.7 Å². The molecule has 0 aliphatic carbocycles. The molecule has 0 spiro atoms. The van der Waals surface area contributed by atoms with Gasteiger partial charge in [-0.15, -0.1) is 0 Å². The van der Waals surface area contributed by atoms with Crippen LogP contribution in [-0.2, 0) is 20.5 Å².